The maximum absolute atomic E-state index is 13.3. The summed E-state index contributed by atoms with van der Waals surface area (Å²) in [5, 5.41) is 19.1. The number of nitrogens with two attached hydrogens (primary N) is 2. The van der Waals surface area contributed by atoms with E-state index >= 15 is 0 Å². The Bertz CT molecular complexity index is 2940. The Hall–Kier alpha value is -6.59. The third kappa shape index (κ3) is 14.6. The largest absolute Gasteiger partial charge is 0.474 e. The van der Waals surface area contributed by atoms with Crippen LogP contribution >= 0.6 is 22.7 Å². The molecule has 402 valence electrons. The van der Waals surface area contributed by atoms with Gasteiger partial charge in [-0.2, -0.15) is 0 Å². The summed E-state index contributed by atoms with van der Waals surface area (Å²) in [5.74, 6) is -1.96. The maximum Gasteiger partial charge on any atom is 0.394 e. The number of carboxylic acids is 1. The zero-order chi connectivity index (χ0) is 54.6. The number of nitrogens with one attached hydrogen (secondary N) is 3. The summed E-state index contributed by atoms with van der Waals surface area (Å²) < 4.78 is 17.9. The van der Waals surface area contributed by atoms with Gasteiger partial charge in [-0.25, -0.2) is 24.7 Å². The maximum atomic E-state index is 13.3. The molecule has 19 nitrogen and oxygen atoms in total. The lowest BCUT2D eigenvalue weighted by atomic mass is 9.89. The highest BCUT2D eigenvalue weighted by molar-refractivity contribution is 7.22. The Morgan fingerprint density at radius 2 is 1.19 bits per heavy atom. The molecule has 2 aromatic carbocycles. The second-order valence-electron chi connectivity index (χ2n) is 19.9. The molecule has 0 aliphatic carbocycles. The van der Waals surface area contributed by atoms with E-state index in [0.717, 1.165) is 104 Å². The van der Waals surface area contributed by atoms with Gasteiger partial charge in [-0.05, 0) is 131 Å². The van der Waals surface area contributed by atoms with Crippen LogP contribution in [-0.2, 0) is 19.2 Å². The molecule has 8 heterocycles. The zero-order valence-electron chi connectivity index (χ0n) is 44.6. The molecular weight excluding hydrogens is 996 g/mol. The number of halogens is 1. The molecule has 0 bridgehead atoms. The first kappa shape index (κ1) is 54.7. The number of benzene rings is 2. The summed E-state index contributed by atoms with van der Waals surface area (Å²) in [5.41, 5.74) is 17.9. The van der Waals surface area contributed by atoms with Crippen LogP contribution in [0.25, 0.3) is 20.4 Å². The fourth-order valence-corrected chi connectivity index (χ4v) is 11.4. The van der Waals surface area contributed by atoms with E-state index in [0.29, 0.717) is 47.1 Å². The lowest BCUT2D eigenvalue weighted by molar-refractivity contribution is -0.147. The van der Waals surface area contributed by atoms with Crippen molar-refractivity contribution >= 4 is 100 Å². The number of aryl methyl sites for hydroxylation is 2. The Labute approximate surface area is 447 Å². The second-order valence-corrected chi connectivity index (χ2v) is 21.9. The van der Waals surface area contributed by atoms with Crippen molar-refractivity contribution in [3.05, 3.63) is 83.2 Å². The van der Waals surface area contributed by atoms with E-state index in [4.69, 9.17) is 27.9 Å². The summed E-state index contributed by atoms with van der Waals surface area (Å²) in [7, 11) is 3.34. The number of hydrogen-bond acceptors (Lipinski definition) is 17. The van der Waals surface area contributed by atoms with E-state index in [9.17, 15) is 23.6 Å². The average molecular weight is 1070 g/mol. The van der Waals surface area contributed by atoms with Crippen molar-refractivity contribution in [2.75, 3.05) is 119 Å². The highest BCUT2D eigenvalue weighted by Crippen LogP contribution is 2.38. The van der Waals surface area contributed by atoms with Crippen LogP contribution in [0.5, 0.6) is 0 Å². The molecule has 4 saturated heterocycles. The monoisotopic (exact) mass is 1070 g/mol. The number of amides is 3. The van der Waals surface area contributed by atoms with Gasteiger partial charge in [0, 0.05) is 64.9 Å². The molecule has 8 N–H and O–H groups in total. The Morgan fingerprint density at radius 3 is 1.67 bits per heavy atom. The molecule has 0 spiro atoms. The van der Waals surface area contributed by atoms with Crippen LogP contribution in [0.4, 0.5) is 37.7 Å². The number of nitrogen functional groups attached to an aromatic ring is 2. The quantitative estimate of drug-likeness (QED) is 0.0924. The Morgan fingerprint density at radius 1 is 0.707 bits per heavy atom. The molecule has 3 amide bonds. The lowest BCUT2D eigenvalue weighted by Crippen LogP contribution is -2.46. The lowest BCUT2D eigenvalue weighted by Gasteiger charge is -2.38. The van der Waals surface area contributed by atoms with Crippen molar-refractivity contribution in [2.24, 2.45) is 11.8 Å². The number of pyridine rings is 2. The summed E-state index contributed by atoms with van der Waals surface area (Å²) >= 11 is 3.55. The van der Waals surface area contributed by atoms with E-state index < -0.39 is 30.8 Å². The van der Waals surface area contributed by atoms with Gasteiger partial charge in [0.1, 0.15) is 11.6 Å². The van der Waals surface area contributed by atoms with Crippen molar-refractivity contribution in [2.45, 2.75) is 65.5 Å². The SMILES string of the molecule is C[C@H]1CC[C@H](c2ccc3sc(N4CCN(C)CC4)nc3c2)NC1.Cc1cc(NC(=O)C(=O)N2C[C@@H](C)CC[C@@H]2c2ccc3sc(N4CCN(C)CC4)nc3c2)cnc1N.Cc1cc(NC(=O)C(=O)O)cnc1N.[2H]CF. The number of piperazine rings is 2. The summed E-state index contributed by atoms with van der Waals surface area (Å²) in [4.78, 5) is 76.1. The van der Waals surface area contributed by atoms with Gasteiger partial charge in [-0.15, -0.1) is 0 Å². The molecule has 22 heteroatoms. The van der Waals surface area contributed by atoms with E-state index in [2.05, 4.69) is 110 Å². The van der Waals surface area contributed by atoms with E-state index in [1.807, 2.05) is 18.3 Å². The molecule has 4 aromatic heterocycles. The highest BCUT2D eigenvalue weighted by Gasteiger charge is 2.35. The average Bonchev–Trinajstić information content (AvgIpc) is 4.05. The second kappa shape index (κ2) is 25.8. The minimum atomic E-state index is -1.54. The van der Waals surface area contributed by atoms with Gasteiger partial charge in [0.15, 0.2) is 10.3 Å². The van der Waals surface area contributed by atoms with Crippen molar-refractivity contribution < 1.29 is 30.0 Å². The number of fused-ring (bicyclic) bond motifs is 2. The molecule has 6 aromatic rings. The number of carbonyl (C=O) groups excluding carboxylic acids is 3. The number of likely N-dealkylation sites (N-methyl/N-ethyl adjacent to an activating group) is 2. The molecule has 0 unspecified atom stereocenters. The minimum Gasteiger partial charge on any atom is -0.474 e. The number of likely N-dealkylation sites (tertiary alicyclic amines) is 1. The first-order chi connectivity index (χ1) is 36.4. The van der Waals surface area contributed by atoms with E-state index in [-0.39, 0.29) is 6.04 Å². The predicted molar refractivity (Wildman–Crippen MR) is 299 cm³/mol. The first-order valence-electron chi connectivity index (χ1n) is 26.0. The molecule has 10 rings (SSSR count). The van der Waals surface area contributed by atoms with E-state index in [1.54, 1.807) is 35.3 Å². The van der Waals surface area contributed by atoms with Crippen molar-refractivity contribution in [3.8, 4) is 0 Å². The number of piperidine rings is 2. The topological polar surface area (TPSA) is 244 Å². The number of alkyl halides is 1. The summed E-state index contributed by atoms with van der Waals surface area (Å²) in [6.45, 7) is 18.1. The molecule has 4 fully saturated rings. The Balaban J connectivity index is 0.000000179. The number of thiazole rings is 2. The standard InChI is InChI=1S/C26H33N7O2S.C18H26N4S.C8H9N3O3.CH3F/c1-16-4-6-21(33(15-16)25(35)24(34)29-19-12-17(2)23(27)28-14-19)18-5-7-22-20(13-18)30-26(36-22)32-10-8-31(3)9-11-32;1-13-3-5-15(19-12-13)14-4-6-17-16(11-14)20-18(23-17)22-9-7-21(2)8-10-22;1-4-2-5(3-10-6(4)9)11-7(12)8(13)14;1-2/h5,7,12-14,16,21H,4,6,8-11,15H2,1-3H3,(H2,27,28)(H,29,34);4,6,11,13,15,19H,3,5,7-10,12H2,1-2H3;2-3H,1H3,(H2,9,10)(H,11,12)(H,13,14);1H3/t16-,21+;13-,15+;;/m00../s1/i;;;1D. The number of anilines is 6. The normalized spacial score (nSPS) is 20.4. The van der Waals surface area contributed by atoms with Crippen LogP contribution in [0.2, 0.25) is 0 Å². The minimum absolute atomic E-state index is 0.163. The van der Waals surface area contributed by atoms with Crippen molar-refractivity contribution in [1.29, 1.82) is 0 Å². The van der Waals surface area contributed by atoms with Crippen LogP contribution in [-0.4, -0.2) is 150 Å². The number of rotatable bonds is 6. The van der Waals surface area contributed by atoms with Crippen LogP contribution < -0.4 is 37.2 Å². The van der Waals surface area contributed by atoms with Crippen LogP contribution in [0, 0.1) is 25.7 Å². The number of aromatic nitrogens is 4. The van der Waals surface area contributed by atoms with Gasteiger partial charge in [-0.3, -0.25) is 18.8 Å². The van der Waals surface area contributed by atoms with E-state index in [1.165, 1.54) is 46.1 Å². The molecule has 0 saturated carbocycles. The molecule has 4 aliphatic rings. The first-order valence-corrected chi connectivity index (χ1v) is 26.9. The summed E-state index contributed by atoms with van der Waals surface area (Å²) in [6.07, 6.45) is 7.13. The molecule has 75 heavy (non-hydrogen) atoms. The Kier molecular flexibility index (Phi) is 18.8. The fourth-order valence-electron chi connectivity index (χ4n) is 9.37. The fraction of sp³-hybridized carbons (Fsp3) is 0.472. The van der Waals surface area contributed by atoms with Crippen molar-refractivity contribution in [1.82, 2.24) is 40.0 Å². The molecule has 4 atom stereocenters. The van der Waals surface area contributed by atoms with Gasteiger partial charge >= 0.3 is 23.7 Å². The number of carboxylic acid groups (broad SMARTS) is 1. The molecule has 0 radical (unpaired) electrons. The third-order valence-electron chi connectivity index (χ3n) is 14.0. The third-order valence-corrected chi connectivity index (χ3v) is 16.2. The number of aliphatic carboxylic acids is 1. The van der Waals surface area contributed by atoms with Gasteiger partial charge in [0.05, 0.1) is 58.8 Å². The van der Waals surface area contributed by atoms with Gasteiger partial charge in [-0.1, -0.05) is 48.7 Å². The van der Waals surface area contributed by atoms with Crippen LogP contribution in [0.15, 0.2) is 60.9 Å². The van der Waals surface area contributed by atoms with Gasteiger partial charge in [0.25, 0.3) is 0 Å². The van der Waals surface area contributed by atoms with Gasteiger partial charge in [0.2, 0.25) is 0 Å². The number of nitrogens with zero attached hydrogens (tertiary/aromatic N) is 9. The summed E-state index contributed by atoms with van der Waals surface area (Å²) in [6, 6.07) is 16.8. The molecular formula is C53H71FN14O5S2. The smallest absolute Gasteiger partial charge is 0.394 e. The van der Waals surface area contributed by atoms with Crippen LogP contribution in [0.3, 0.4) is 0 Å². The highest BCUT2D eigenvalue weighted by atomic mass is 32.1. The zero-order valence-corrected chi connectivity index (χ0v) is 45.3. The van der Waals surface area contributed by atoms with Crippen molar-refractivity contribution in [3.63, 3.8) is 0 Å². The van der Waals surface area contributed by atoms with Gasteiger partial charge < -0.3 is 57.0 Å². The predicted octanol–water partition coefficient (Wildman–Crippen LogP) is 6.96. The van der Waals surface area contributed by atoms with Crippen LogP contribution in [0.1, 0.15) is 75.2 Å². The number of carbonyl (C=O) groups is 4. The number of hydrogen-bond donors (Lipinski definition) is 6. The molecule has 4 aliphatic heterocycles.